The second-order valence-electron chi connectivity index (χ2n) is 9.49. The number of esters is 2. The van der Waals surface area contributed by atoms with Crippen molar-refractivity contribution in [3.05, 3.63) is 59.7 Å². The largest absolute Gasteiger partial charge is 0.497 e. The van der Waals surface area contributed by atoms with Crippen molar-refractivity contribution < 1.29 is 28.5 Å². The second kappa shape index (κ2) is 13.0. The van der Waals surface area contributed by atoms with E-state index in [2.05, 4.69) is 27.7 Å². The summed E-state index contributed by atoms with van der Waals surface area (Å²) in [6, 6.07) is 14.8. The molecule has 0 N–H and O–H groups in total. The molecule has 0 atom stereocenters. The van der Waals surface area contributed by atoms with E-state index >= 15 is 0 Å². The molecule has 2 aromatic rings. The smallest absolute Gasteiger partial charge is 0.306 e. The molecule has 0 spiro atoms. The fourth-order valence-electron chi connectivity index (χ4n) is 4.11. The number of hydrogen-bond acceptors (Lipinski definition) is 6. The summed E-state index contributed by atoms with van der Waals surface area (Å²) in [5, 5.41) is 0. The first kappa shape index (κ1) is 27.2. The Balaban J connectivity index is 2.02. The summed E-state index contributed by atoms with van der Waals surface area (Å²) in [5.41, 5.74) is 1.22. The maximum Gasteiger partial charge on any atom is 0.306 e. The van der Waals surface area contributed by atoms with Crippen molar-refractivity contribution in [2.45, 2.75) is 60.2 Å². The highest BCUT2D eigenvalue weighted by Gasteiger charge is 2.40. The van der Waals surface area contributed by atoms with Gasteiger partial charge in [0.05, 0.1) is 27.1 Å². The summed E-state index contributed by atoms with van der Waals surface area (Å²) in [7, 11) is 3.22. The van der Waals surface area contributed by atoms with E-state index in [0.717, 1.165) is 29.0 Å². The molecule has 0 unspecified atom stereocenters. The van der Waals surface area contributed by atoms with Gasteiger partial charge < -0.3 is 18.9 Å². The zero-order chi connectivity index (χ0) is 25.1. The molecule has 0 aromatic heterocycles. The van der Waals surface area contributed by atoms with E-state index in [-0.39, 0.29) is 43.9 Å². The van der Waals surface area contributed by atoms with Crippen LogP contribution in [-0.2, 0) is 32.3 Å². The van der Waals surface area contributed by atoms with Crippen molar-refractivity contribution in [1.82, 2.24) is 0 Å². The number of carbonyl (C=O) groups is 2. The van der Waals surface area contributed by atoms with E-state index in [1.165, 1.54) is 0 Å². The number of ether oxygens (including phenoxy) is 4. The number of hydrogen-bond donors (Lipinski definition) is 0. The van der Waals surface area contributed by atoms with Crippen molar-refractivity contribution in [3.8, 4) is 11.5 Å². The number of methoxy groups -OCH3 is 2. The molecule has 34 heavy (non-hydrogen) atoms. The molecule has 0 saturated carbocycles. The average molecular weight is 471 g/mol. The molecule has 2 rings (SSSR count). The monoisotopic (exact) mass is 470 g/mol. The fraction of sp³-hybridized carbons (Fsp3) is 0.500. The van der Waals surface area contributed by atoms with Crippen LogP contribution in [0.25, 0.3) is 0 Å². The lowest BCUT2D eigenvalue weighted by molar-refractivity contribution is -0.154. The maximum atomic E-state index is 12.9. The Morgan fingerprint density at radius 2 is 1.09 bits per heavy atom. The van der Waals surface area contributed by atoms with Crippen molar-refractivity contribution in [1.29, 1.82) is 0 Å². The third-order valence-corrected chi connectivity index (χ3v) is 6.15. The zero-order valence-electron chi connectivity index (χ0n) is 21.3. The predicted octanol–water partition coefficient (Wildman–Crippen LogP) is 5.96. The number of benzene rings is 2. The van der Waals surface area contributed by atoms with E-state index in [0.29, 0.717) is 5.92 Å². The van der Waals surface area contributed by atoms with Gasteiger partial charge in [0.15, 0.2) is 0 Å². The SMILES string of the molecule is COc1ccc(COC(=O)CC(CC(=O)OCc2ccc(OC)cc2)(CC(C)C)C(C)C)cc1. The van der Waals surface area contributed by atoms with Gasteiger partial charge in [-0.05, 0) is 59.1 Å². The zero-order valence-corrected chi connectivity index (χ0v) is 21.3. The van der Waals surface area contributed by atoms with Crippen LogP contribution in [0.15, 0.2) is 48.5 Å². The Kier molecular flexibility index (Phi) is 10.4. The Morgan fingerprint density at radius 1 is 0.706 bits per heavy atom. The van der Waals surface area contributed by atoms with Crippen LogP contribution in [0.3, 0.4) is 0 Å². The lowest BCUT2D eigenvalue weighted by atomic mass is 9.67. The highest BCUT2D eigenvalue weighted by molar-refractivity contribution is 5.74. The van der Waals surface area contributed by atoms with Gasteiger partial charge in [0.1, 0.15) is 24.7 Å². The molecule has 186 valence electrons. The standard InChI is InChI=1S/C28H38O6/c1-20(2)15-28(21(3)4,16-26(29)33-18-22-7-11-24(31-5)12-8-22)17-27(30)34-19-23-9-13-25(32-6)14-10-23/h7-14,20-21H,15-19H2,1-6H3. The van der Waals surface area contributed by atoms with Crippen molar-refractivity contribution >= 4 is 11.9 Å². The first-order valence-electron chi connectivity index (χ1n) is 11.7. The molecular weight excluding hydrogens is 432 g/mol. The van der Waals surface area contributed by atoms with Crippen LogP contribution in [0.5, 0.6) is 11.5 Å². The molecule has 0 amide bonds. The van der Waals surface area contributed by atoms with E-state index in [4.69, 9.17) is 18.9 Å². The van der Waals surface area contributed by atoms with Crippen LogP contribution in [0.2, 0.25) is 0 Å². The van der Waals surface area contributed by atoms with E-state index < -0.39 is 5.41 Å². The molecule has 0 aliphatic heterocycles. The minimum absolute atomic E-state index is 0.0944. The molecule has 0 fully saturated rings. The summed E-state index contributed by atoms with van der Waals surface area (Å²) >= 11 is 0. The lowest BCUT2D eigenvalue weighted by Gasteiger charge is -2.37. The highest BCUT2D eigenvalue weighted by Crippen LogP contribution is 2.42. The molecule has 0 aliphatic carbocycles. The molecular formula is C28H38O6. The minimum atomic E-state index is -0.540. The quantitative estimate of drug-likeness (QED) is 0.337. The van der Waals surface area contributed by atoms with Crippen LogP contribution in [-0.4, -0.2) is 26.2 Å². The van der Waals surface area contributed by atoms with Gasteiger partial charge in [-0.1, -0.05) is 52.0 Å². The van der Waals surface area contributed by atoms with Crippen molar-refractivity contribution in [2.24, 2.45) is 17.3 Å². The third-order valence-electron chi connectivity index (χ3n) is 6.15. The van der Waals surface area contributed by atoms with Crippen LogP contribution >= 0.6 is 0 Å². The summed E-state index contributed by atoms with van der Waals surface area (Å²) < 4.78 is 21.5. The van der Waals surface area contributed by atoms with E-state index in [1.54, 1.807) is 14.2 Å². The summed E-state index contributed by atoms with van der Waals surface area (Å²) in [4.78, 5) is 25.7. The first-order valence-corrected chi connectivity index (χ1v) is 11.7. The molecule has 0 bridgehead atoms. The summed E-state index contributed by atoms with van der Waals surface area (Å²) in [5.74, 6) is 1.28. The Labute approximate surface area is 203 Å². The lowest BCUT2D eigenvalue weighted by Crippen LogP contribution is -2.35. The van der Waals surface area contributed by atoms with Gasteiger partial charge in [-0.15, -0.1) is 0 Å². The van der Waals surface area contributed by atoms with Crippen LogP contribution in [0, 0.1) is 17.3 Å². The number of rotatable bonds is 13. The van der Waals surface area contributed by atoms with Gasteiger partial charge in [-0.2, -0.15) is 0 Å². The van der Waals surface area contributed by atoms with E-state index in [9.17, 15) is 9.59 Å². The van der Waals surface area contributed by atoms with Crippen molar-refractivity contribution in [3.63, 3.8) is 0 Å². The Bertz CT molecular complexity index is 834. The Morgan fingerprint density at radius 3 is 1.38 bits per heavy atom. The van der Waals surface area contributed by atoms with Gasteiger partial charge in [-0.3, -0.25) is 9.59 Å². The molecule has 6 nitrogen and oxygen atoms in total. The van der Waals surface area contributed by atoms with Gasteiger partial charge in [0.25, 0.3) is 0 Å². The topological polar surface area (TPSA) is 71.1 Å². The fourth-order valence-corrected chi connectivity index (χ4v) is 4.11. The van der Waals surface area contributed by atoms with Crippen LogP contribution in [0.1, 0.15) is 58.1 Å². The van der Waals surface area contributed by atoms with Gasteiger partial charge in [0, 0.05) is 0 Å². The normalized spacial score (nSPS) is 11.4. The average Bonchev–Trinajstić information content (AvgIpc) is 2.81. The molecule has 0 saturated heterocycles. The minimum Gasteiger partial charge on any atom is -0.497 e. The van der Waals surface area contributed by atoms with Crippen LogP contribution in [0.4, 0.5) is 0 Å². The van der Waals surface area contributed by atoms with Crippen LogP contribution < -0.4 is 9.47 Å². The third kappa shape index (κ3) is 8.40. The first-order chi connectivity index (χ1) is 16.2. The van der Waals surface area contributed by atoms with Gasteiger partial charge in [-0.25, -0.2) is 0 Å². The molecule has 2 aromatic carbocycles. The molecule has 0 radical (unpaired) electrons. The number of carbonyl (C=O) groups excluding carboxylic acids is 2. The van der Waals surface area contributed by atoms with E-state index in [1.807, 2.05) is 48.5 Å². The maximum absolute atomic E-state index is 12.9. The second-order valence-corrected chi connectivity index (χ2v) is 9.49. The molecule has 0 aliphatic rings. The predicted molar refractivity (Wildman–Crippen MR) is 132 cm³/mol. The van der Waals surface area contributed by atoms with Crippen molar-refractivity contribution in [2.75, 3.05) is 14.2 Å². The van der Waals surface area contributed by atoms with Gasteiger partial charge >= 0.3 is 11.9 Å². The summed E-state index contributed by atoms with van der Waals surface area (Å²) in [6.45, 7) is 8.66. The van der Waals surface area contributed by atoms with Gasteiger partial charge in [0.2, 0.25) is 0 Å². The molecule has 0 heterocycles. The molecule has 6 heteroatoms. The highest BCUT2D eigenvalue weighted by atomic mass is 16.5. The summed E-state index contributed by atoms with van der Waals surface area (Å²) in [6.07, 6.45) is 1.05. The Hall–Kier alpha value is -3.02.